The monoisotopic (exact) mass is 252 g/mol. The first-order valence-corrected chi connectivity index (χ1v) is 5.66. The van der Waals surface area contributed by atoms with Gasteiger partial charge in [-0.2, -0.15) is 0 Å². The van der Waals surface area contributed by atoms with Crippen LogP contribution in [0.5, 0.6) is 0 Å². The predicted octanol–water partition coefficient (Wildman–Crippen LogP) is 2.23. The number of nitrogens with zero attached hydrogens (tertiary/aromatic N) is 1. The van der Waals surface area contributed by atoms with Crippen LogP contribution in [0.25, 0.3) is 0 Å². The number of hydrogen-bond acceptors (Lipinski definition) is 3. The van der Waals surface area contributed by atoms with Gasteiger partial charge in [0.1, 0.15) is 0 Å². The van der Waals surface area contributed by atoms with Crippen molar-refractivity contribution in [1.29, 1.82) is 0 Å². The number of halogens is 2. The van der Waals surface area contributed by atoms with Crippen LogP contribution in [0.4, 0.5) is 0 Å². The molecule has 5 heteroatoms. The van der Waals surface area contributed by atoms with Crippen LogP contribution in [-0.4, -0.2) is 31.1 Å². The summed E-state index contributed by atoms with van der Waals surface area (Å²) in [5, 5.41) is 5.31. The van der Waals surface area contributed by atoms with Gasteiger partial charge in [0.05, 0.1) is 4.34 Å². The number of hydrogen-bond donors (Lipinski definition) is 1. The van der Waals surface area contributed by atoms with Gasteiger partial charge in [0.25, 0.3) is 0 Å². The fraction of sp³-hybridized carbons (Fsp3) is 0.556. The molecule has 1 fully saturated rings. The summed E-state index contributed by atoms with van der Waals surface area (Å²) in [5.74, 6) is 0. The van der Waals surface area contributed by atoms with Crippen LogP contribution in [0.1, 0.15) is 5.56 Å². The Hall–Kier alpha value is 0.200. The van der Waals surface area contributed by atoms with Crippen molar-refractivity contribution in [2.24, 2.45) is 0 Å². The normalized spacial score (nSPS) is 16.5. The van der Waals surface area contributed by atoms with Gasteiger partial charge in [0.15, 0.2) is 0 Å². The maximum absolute atomic E-state index is 6.03. The molecule has 2 heterocycles. The van der Waals surface area contributed by atoms with Crippen LogP contribution < -0.4 is 5.32 Å². The minimum absolute atomic E-state index is 0. The molecule has 1 aliphatic heterocycles. The molecular formula is C9H14Cl2N2S. The van der Waals surface area contributed by atoms with E-state index in [1.54, 1.807) is 11.3 Å². The lowest BCUT2D eigenvalue weighted by atomic mass is 10.1. The second-order valence-corrected chi connectivity index (χ2v) is 4.96. The zero-order chi connectivity index (χ0) is 9.26. The minimum atomic E-state index is 0. The fourth-order valence-electron chi connectivity index (χ4n) is 1.41. The van der Waals surface area contributed by atoms with Crippen molar-refractivity contribution in [3.63, 3.8) is 0 Å². The summed E-state index contributed by atoms with van der Waals surface area (Å²) in [6, 6.07) is 2.80. The second kappa shape index (κ2) is 5.33. The van der Waals surface area contributed by atoms with E-state index in [0.29, 0.717) is 6.04 Å². The van der Waals surface area contributed by atoms with Crippen molar-refractivity contribution < 1.29 is 0 Å². The largest absolute Gasteiger partial charge is 0.314 e. The first-order valence-electron chi connectivity index (χ1n) is 4.40. The van der Waals surface area contributed by atoms with Crippen molar-refractivity contribution in [2.45, 2.75) is 12.6 Å². The quantitative estimate of drug-likeness (QED) is 0.888. The predicted molar refractivity (Wildman–Crippen MR) is 64.7 cm³/mol. The average molecular weight is 253 g/mol. The van der Waals surface area contributed by atoms with Gasteiger partial charge in [-0.15, -0.1) is 23.7 Å². The Morgan fingerprint density at radius 3 is 2.79 bits per heavy atom. The van der Waals surface area contributed by atoms with E-state index in [1.807, 2.05) is 5.38 Å². The molecule has 0 unspecified atom stereocenters. The van der Waals surface area contributed by atoms with Crippen LogP contribution in [0, 0.1) is 0 Å². The van der Waals surface area contributed by atoms with Gasteiger partial charge in [0, 0.05) is 25.7 Å². The van der Waals surface area contributed by atoms with Crippen molar-refractivity contribution in [2.75, 3.05) is 20.1 Å². The summed E-state index contributed by atoms with van der Waals surface area (Å²) >= 11 is 7.63. The summed E-state index contributed by atoms with van der Waals surface area (Å²) in [6.07, 6.45) is 0. The molecule has 1 N–H and O–H groups in total. The molecule has 1 aliphatic rings. The first-order chi connectivity index (χ1) is 6.27. The summed E-state index contributed by atoms with van der Waals surface area (Å²) in [5.41, 5.74) is 1.25. The molecule has 1 aromatic rings. The molecule has 0 aliphatic carbocycles. The molecule has 0 spiro atoms. The van der Waals surface area contributed by atoms with Gasteiger partial charge >= 0.3 is 0 Å². The van der Waals surface area contributed by atoms with Gasteiger partial charge in [-0.3, -0.25) is 4.90 Å². The molecule has 14 heavy (non-hydrogen) atoms. The van der Waals surface area contributed by atoms with E-state index in [2.05, 4.69) is 23.3 Å². The summed E-state index contributed by atoms with van der Waals surface area (Å²) < 4.78 is 0.930. The third-order valence-electron chi connectivity index (χ3n) is 2.50. The van der Waals surface area contributed by atoms with Crippen LogP contribution >= 0.6 is 35.3 Å². The molecule has 2 rings (SSSR count). The van der Waals surface area contributed by atoms with Gasteiger partial charge in [-0.25, -0.2) is 0 Å². The molecule has 2 nitrogen and oxygen atoms in total. The highest BCUT2D eigenvalue weighted by atomic mass is 35.5. The number of thiophene rings is 1. The standard InChI is InChI=1S/C9H13ClN2S.ClH/c1-12(8-4-11-5-8)6-7-2-3-13-9(7)10;/h2-3,8,11H,4-6H2,1H3;1H. The summed E-state index contributed by atoms with van der Waals surface area (Å²) in [6.45, 7) is 3.19. The highest BCUT2D eigenvalue weighted by Gasteiger charge is 2.21. The van der Waals surface area contributed by atoms with E-state index in [4.69, 9.17) is 11.6 Å². The second-order valence-electron chi connectivity index (χ2n) is 3.45. The van der Waals surface area contributed by atoms with Crippen LogP contribution in [0.2, 0.25) is 4.34 Å². The Morgan fingerprint density at radius 1 is 1.64 bits per heavy atom. The average Bonchev–Trinajstić information content (AvgIpc) is 2.32. The van der Waals surface area contributed by atoms with E-state index in [9.17, 15) is 0 Å². The SMILES string of the molecule is CN(Cc1ccsc1Cl)C1CNC1.Cl. The van der Waals surface area contributed by atoms with E-state index < -0.39 is 0 Å². The molecule has 0 radical (unpaired) electrons. The Kier molecular flexibility index (Phi) is 4.67. The Balaban J connectivity index is 0.000000980. The zero-order valence-electron chi connectivity index (χ0n) is 8.00. The molecule has 1 aromatic heterocycles. The lowest BCUT2D eigenvalue weighted by molar-refractivity contribution is 0.173. The van der Waals surface area contributed by atoms with E-state index >= 15 is 0 Å². The minimum Gasteiger partial charge on any atom is -0.314 e. The number of rotatable bonds is 3. The third-order valence-corrected chi connectivity index (χ3v) is 3.75. The van der Waals surface area contributed by atoms with Crippen molar-refractivity contribution in [1.82, 2.24) is 10.2 Å². The molecule has 80 valence electrons. The lowest BCUT2D eigenvalue weighted by Crippen LogP contribution is -2.55. The molecule has 0 amide bonds. The van der Waals surface area contributed by atoms with E-state index in [-0.39, 0.29) is 12.4 Å². The van der Waals surface area contributed by atoms with Gasteiger partial charge in [-0.05, 0) is 24.1 Å². The Bertz CT molecular complexity index is 286. The summed E-state index contributed by atoms with van der Waals surface area (Å²) in [4.78, 5) is 2.35. The molecule has 1 saturated heterocycles. The fourth-order valence-corrected chi connectivity index (χ4v) is 2.33. The smallest absolute Gasteiger partial charge is 0.0973 e. The van der Waals surface area contributed by atoms with Gasteiger partial charge < -0.3 is 5.32 Å². The van der Waals surface area contributed by atoms with Crippen LogP contribution in [0.3, 0.4) is 0 Å². The molecule has 0 aromatic carbocycles. The zero-order valence-corrected chi connectivity index (χ0v) is 10.4. The Labute approximate surface area is 99.7 Å². The lowest BCUT2D eigenvalue weighted by Gasteiger charge is -2.35. The molecule has 0 bridgehead atoms. The Morgan fingerprint density at radius 2 is 2.36 bits per heavy atom. The summed E-state index contributed by atoms with van der Waals surface area (Å²) in [7, 11) is 2.15. The topological polar surface area (TPSA) is 15.3 Å². The number of likely N-dealkylation sites (N-methyl/N-ethyl adjacent to an activating group) is 1. The van der Waals surface area contributed by atoms with Gasteiger partial charge in [0.2, 0.25) is 0 Å². The van der Waals surface area contributed by atoms with Crippen molar-refractivity contribution >= 4 is 35.3 Å². The molecule has 0 atom stereocenters. The van der Waals surface area contributed by atoms with Crippen molar-refractivity contribution in [3.05, 3.63) is 21.3 Å². The maximum atomic E-state index is 6.03. The van der Waals surface area contributed by atoms with Gasteiger partial charge in [-0.1, -0.05) is 11.6 Å². The highest BCUT2D eigenvalue weighted by Crippen LogP contribution is 2.24. The first kappa shape index (κ1) is 12.3. The molecule has 0 saturated carbocycles. The maximum Gasteiger partial charge on any atom is 0.0973 e. The van der Waals surface area contributed by atoms with Crippen LogP contribution in [0.15, 0.2) is 11.4 Å². The third kappa shape index (κ3) is 2.61. The molecular weight excluding hydrogens is 239 g/mol. The van der Waals surface area contributed by atoms with Crippen molar-refractivity contribution in [3.8, 4) is 0 Å². The highest BCUT2D eigenvalue weighted by molar-refractivity contribution is 7.14. The van der Waals surface area contributed by atoms with E-state index in [0.717, 1.165) is 24.0 Å². The number of nitrogens with one attached hydrogen (secondary N) is 1. The van der Waals surface area contributed by atoms with Crippen LogP contribution in [-0.2, 0) is 6.54 Å². The van der Waals surface area contributed by atoms with E-state index in [1.165, 1.54) is 5.56 Å².